The predicted molar refractivity (Wildman–Crippen MR) is 94.9 cm³/mol. The molecule has 2 aromatic rings. The number of hydrogen-bond donors (Lipinski definition) is 1. The van der Waals surface area contributed by atoms with E-state index in [9.17, 15) is 0 Å². The first kappa shape index (κ1) is 16.4. The zero-order valence-corrected chi connectivity index (χ0v) is 14.6. The van der Waals surface area contributed by atoms with Crippen LogP contribution in [0, 0.1) is 6.92 Å². The molecule has 0 aliphatic carbocycles. The summed E-state index contributed by atoms with van der Waals surface area (Å²) in [6.07, 6.45) is 8.41. The van der Waals surface area contributed by atoms with Gasteiger partial charge in [0, 0.05) is 55.9 Å². The summed E-state index contributed by atoms with van der Waals surface area (Å²) in [5.74, 6) is 2.81. The average Bonchev–Trinajstić information content (AvgIpc) is 3.13. The Balaban J connectivity index is 1.47. The van der Waals surface area contributed by atoms with Gasteiger partial charge in [-0.3, -0.25) is 9.88 Å². The minimum Gasteiger partial charge on any atom is -0.381 e. The maximum absolute atomic E-state index is 5.49. The third kappa shape index (κ3) is 3.93. The Morgan fingerprint density at radius 3 is 2.80 bits per heavy atom. The summed E-state index contributed by atoms with van der Waals surface area (Å²) in [6.45, 7) is 5.95. The van der Waals surface area contributed by atoms with Crippen LogP contribution in [0.3, 0.4) is 0 Å². The molecule has 7 nitrogen and oxygen atoms in total. The predicted octanol–water partition coefficient (Wildman–Crippen LogP) is 2.29. The first-order chi connectivity index (χ1) is 12.3. The monoisotopic (exact) mass is 340 g/mol. The zero-order chi connectivity index (χ0) is 17.1. The summed E-state index contributed by atoms with van der Waals surface area (Å²) in [4.78, 5) is 20.4. The summed E-state index contributed by atoms with van der Waals surface area (Å²) in [5.41, 5.74) is 0.973. The Kier molecular flexibility index (Phi) is 4.85. The number of anilines is 2. The fraction of sp³-hybridized carbons (Fsp3) is 0.556. The lowest BCUT2D eigenvalue weighted by atomic mass is 10.1. The summed E-state index contributed by atoms with van der Waals surface area (Å²) >= 11 is 0. The number of hydrogen-bond acceptors (Lipinski definition) is 7. The summed E-state index contributed by atoms with van der Waals surface area (Å²) in [6, 6.07) is 2.60. The van der Waals surface area contributed by atoms with Crippen LogP contribution >= 0.6 is 0 Å². The van der Waals surface area contributed by atoms with Crippen molar-refractivity contribution in [1.29, 1.82) is 0 Å². The Morgan fingerprint density at radius 1 is 1.12 bits per heavy atom. The number of aryl methyl sites for hydroxylation is 1. The van der Waals surface area contributed by atoms with Gasteiger partial charge in [-0.15, -0.1) is 0 Å². The molecule has 0 unspecified atom stereocenters. The number of ether oxygens (including phenoxy) is 1. The highest BCUT2D eigenvalue weighted by molar-refractivity contribution is 5.50. The number of nitrogens with one attached hydrogen (secondary N) is 1. The van der Waals surface area contributed by atoms with E-state index in [0.717, 1.165) is 62.9 Å². The highest BCUT2D eigenvalue weighted by Crippen LogP contribution is 2.29. The zero-order valence-electron chi connectivity index (χ0n) is 14.6. The minimum atomic E-state index is 0.394. The van der Waals surface area contributed by atoms with E-state index in [1.54, 1.807) is 18.6 Å². The average molecular weight is 340 g/mol. The fourth-order valence-corrected chi connectivity index (χ4v) is 3.71. The van der Waals surface area contributed by atoms with Crippen LogP contribution in [-0.2, 0) is 4.74 Å². The Bertz CT molecular complexity index is 704. The van der Waals surface area contributed by atoms with E-state index in [1.165, 1.54) is 0 Å². The van der Waals surface area contributed by atoms with E-state index < -0.39 is 0 Å². The van der Waals surface area contributed by atoms with Gasteiger partial charge in [-0.25, -0.2) is 15.0 Å². The van der Waals surface area contributed by atoms with Crippen molar-refractivity contribution in [2.45, 2.75) is 38.1 Å². The number of rotatable bonds is 4. The van der Waals surface area contributed by atoms with Gasteiger partial charge in [0.1, 0.15) is 17.5 Å². The molecule has 2 saturated heterocycles. The molecule has 0 bridgehead atoms. The van der Waals surface area contributed by atoms with Gasteiger partial charge in [0.05, 0.1) is 6.20 Å². The molecule has 0 radical (unpaired) electrons. The summed E-state index contributed by atoms with van der Waals surface area (Å²) in [5, 5.41) is 3.23. The van der Waals surface area contributed by atoms with Crippen molar-refractivity contribution >= 4 is 11.6 Å². The Morgan fingerprint density at radius 2 is 2.00 bits per heavy atom. The van der Waals surface area contributed by atoms with E-state index in [4.69, 9.17) is 14.7 Å². The molecule has 4 rings (SSSR count). The largest absolute Gasteiger partial charge is 0.381 e. The topological polar surface area (TPSA) is 76.1 Å². The molecule has 0 aromatic carbocycles. The van der Waals surface area contributed by atoms with Crippen LogP contribution < -0.4 is 5.32 Å². The Hall–Kier alpha value is -2.12. The van der Waals surface area contributed by atoms with Crippen LogP contribution in [-0.4, -0.2) is 57.2 Å². The van der Waals surface area contributed by atoms with Crippen LogP contribution in [0.15, 0.2) is 24.7 Å². The third-order valence-corrected chi connectivity index (χ3v) is 4.98. The second-order valence-electron chi connectivity index (χ2n) is 6.79. The molecule has 2 aliphatic rings. The van der Waals surface area contributed by atoms with E-state index in [0.29, 0.717) is 17.8 Å². The molecule has 1 atom stereocenters. The molecule has 2 aromatic heterocycles. The molecule has 4 heterocycles. The van der Waals surface area contributed by atoms with Gasteiger partial charge < -0.3 is 10.1 Å². The van der Waals surface area contributed by atoms with Crippen LogP contribution in [0.4, 0.5) is 11.6 Å². The number of nitrogens with zero attached hydrogens (tertiary/aromatic N) is 5. The summed E-state index contributed by atoms with van der Waals surface area (Å²) in [7, 11) is 0. The van der Waals surface area contributed by atoms with E-state index in [1.807, 2.05) is 13.0 Å². The van der Waals surface area contributed by atoms with Gasteiger partial charge in [-0.05, 0) is 32.7 Å². The first-order valence-electron chi connectivity index (χ1n) is 8.98. The molecule has 2 aliphatic heterocycles. The van der Waals surface area contributed by atoms with Gasteiger partial charge >= 0.3 is 0 Å². The highest BCUT2D eigenvalue weighted by Gasteiger charge is 2.31. The van der Waals surface area contributed by atoms with Gasteiger partial charge in [0.25, 0.3) is 0 Å². The van der Waals surface area contributed by atoms with Gasteiger partial charge in [-0.1, -0.05) is 0 Å². The molecule has 25 heavy (non-hydrogen) atoms. The first-order valence-corrected chi connectivity index (χ1v) is 8.98. The van der Waals surface area contributed by atoms with Crippen LogP contribution in [0.25, 0.3) is 0 Å². The standard InChI is InChI=1S/C18H24N6O/c1-13-10-16(22-17-11-19-5-6-20-17)23-18(21-13)14-2-7-24(12-14)15-3-8-25-9-4-15/h5-6,10-11,14-15H,2-4,7-9,12H2,1H3,(H,20,21,22,23)/t14-/m1/s1. The van der Waals surface area contributed by atoms with Crippen molar-refractivity contribution in [2.75, 3.05) is 31.6 Å². The van der Waals surface area contributed by atoms with Gasteiger partial charge in [-0.2, -0.15) is 0 Å². The lowest BCUT2D eigenvalue weighted by Crippen LogP contribution is -2.37. The van der Waals surface area contributed by atoms with E-state index in [2.05, 4.69) is 20.2 Å². The molecule has 0 spiro atoms. The van der Waals surface area contributed by atoms with Crippen molar-refractivity contribution in [2.24, 2.45) is 0 Å². The number of likely N-dealkylation sites (tertiary alicyclic amines) is 1. The fourth-order valence-electron chi connectivity index (χ4n) is 3.71. The molecule has 1 N–H and O–H groups in total. The second-order valence-corrected chi connectivity index (χ2v) is 6.79. The van der Waals surface area contributed by atoms with Crippen LogP contribution in [0.5, 0.6) is 0 Å². The lowest BCUT2D eigenvalue weighted by Gasteiger charge is -2.30. The van der Waals surface area contributed by atoms with E-state index >= 15 is 0 Å². The smallest absolute Gasteiger partial charge is 0.150 e. The molecule has 0 amide bonds. The molecule has 7 heteroatoms. The quantitative estimate of drug-likeness (QED) is 0.915. The summed E-state index contributed by atoms with van der Waals surface area (Å²) < 4.78 is 5.49. The van der Waals surface area contributed by atoms with Crippen molar-refractivity contribution in [1.82, 2.24) is 24.8 Å². The van der Waals surface area contributed by atoms with Crippen molar-refractivity contribution in [3.63, 3.8) is 0 Å². The van der Waals surface area contributed by atoms with Crippen molar-refractivity contribution < 1.29 is 4.74 Å². The molecule has 0 saturated carbocycles. The highest BCUT2D eigenvalue weighted by atomic mass is 16.5. The SMILES string of the molecule is Cc1cc(Nc2cnccn2)nc([C@@H]2CCN(C3CCOCC3)C2)n1. The van der Waals surface area contributed by atoms with Gasteiger partial charge in [0.2, 0.25) is 0 Å². The molecule has 2 fully saturated rings. The second kappa shape index (κ2) is 7.41. The van der Waals surface area contributed by atoms with Crippen molar-refractivity contribution in [3.05, 3.63) is 36.2 Å². The van der Waals surface area contributed by atoms with E-state index in [-0.39, 0.29) is 0 Å². The third-order valence-electron chi connectivity index (χ3n) is 4.98. The molecule has 132 valence electrons. The minimum absolute atomic E-state index is 0.394. The van der Waals surface area contributed by atoms with Crippen LogP contribution in [0.2, 0.25) is 0 Å². The molecular weight excluding hydrogens is 316 g/mol. The molecular formula is C18H24N6O. The Labute approximate surface area is 147 Å². The lowest BCUT2D eigenvalue weighted by molar-refractivity contribution is 0.0419. The van der Waals surface area contributed by atoms with Crippen molar-refractivity contribution in [3.8, 4) is 0 Å². The maximum Gasteiger partial charge on any atom is 0.150 e. The maximum atomic E-state index is 5.49. The normalized spacial score (nSPS) is 22.2. The van der Waals surface area contributed by atoms with Gasteiger partial charge in [0.15, 0.2) is 0 Å². The number of aromatic nitrogens is 4. The van der Waals surface area contributed by atoms with Crippen LogP contribution in [0.1, 0.15) is 36.7 Å².